The Morgan fingerprint density at radius 1 is 1.18 bits per heavy atom. The van der Waals surface area contributed by atoms with Crippen LogP contribution in [0.5, 0.6) is 0 Å². The van der Waals surface area contributed by atoms with Gasteiger partial charge in [0.2, 0.25) is 0 Å². The van der Waals surface area contributed by atoms with Crippen molar-refractivity contribution in [3.8, 4) is 5.69 Å². The molecule has 0 aliphatic carbocycles. The number of anilines is 1. The molecule has 8 nitrogen and oxygen atoms in total. The topological polar surface area (TPSA) is 108 Å². The fourth-order valence-corrected chi connectivity index (χ4v) is 4.37. The van der Waals surface area contributed by atoms with E-state index in [-0.39, 0.29) is 11.5 Å². The lowest BCUT2D eigenvalue weighted by molar-refractivity contribution is -0.124. The van der Waals surface area contributed by atoms with Crippen molar-refractivity contribution in [2.45, 2.75) is 58.4 Å². The lowest BCUT2D eigenvalue weighted by Gasteiger charge is -2.36. The van der Waals surface area contributed by atoms with Crippen LogP contribution in [0.2, 0.25) is 18.1 Å². The maximum absolute atomic E-state index is 13.0. The van der Waals surface area contributed by atoms with Crippen LogP contribution in [-0.2, 0) is 14.0 Å². The van der Waals surface area contributed by atoms with Gasteiger partial charge in [0.25, 0.3) is 5.91 Å². The number of aryl methyl sites for hydroxylation is 1. The molecule has 182 valence electrons. The number of hydrogen-bond donors (Lipinski definition) is 2. The predicted octanol–water partition coefficient (Wildman–Crippen LogP) is 5.15. The molecule has 0 aliphatic heterocycles. The molecule has 1 heterocycles. The quantitative estimate of drug-likeness (QED) is 0.432. The van der Waals surface area contributed by atoms with Gasteiger partial charge in [0.1, 0.15) is 0 Å². The Balaban J connectivity index is 1.76. The van der Waals surface area contributed by atoms with E-state index in [9.17, 15) is 9.59 Å². The number of nitrogens with one attached hydrogen (secondary N) is 1. The monoisotopic (exact) mass is 482 g/mol. The summed E-state index contributed by atoms with van der Waals surface area (Å²) in [6.45, 7) is 13.0. The summed E-state index contributed by atoms with van der Waals surface area (Å²) in [6, 6.07) is 13.5. The largest absolute Gasteiger partial charge is 0.436 e. The Morgan fingerprint density at radius 2 is 1.91 bits per heavy atom. The number of nitrogens with zero attached hydrogens (tertiary/aromatic N) is 2. The van der Waals surface area contributed by atoms with Crippen LogP contribution in [0, 0.1) is 6.92 Å². The number of aromatic nitrogens is 2. The first-order chi connectivity index (χ1) is 15.9. The fourth-order valence-electron chi connectivity index (χ4n) is 3.31. The van der Waals surface area contributed by atoms with Crippen molar-refractivity contribution < 1.29 is 18.8 Å². The van der Waals surface area contributed by atoms with Crippen LogP contribution in [-0.4, -0.2) is 42.8 Å². The van der Waals surface area contributed by atoms with Gasteiger partial charge in [-0.3, -0.25) is 4.79 Å². The molecule has 0 radical (unpaired) electrons. The molecule has 0 fully saturated rings. The number of hydrogen-bond acceptors (Lipinski definition) is 5. The normalized spacial score (nSPS) is 13.0. The molecule has 0 bridgehead atoms. The fraction of sp³-hybridized carbons (Fsp3) is 0.400. The standard InChI is InChI=1S/C25H34N4O4Si/c1-17-8-7-9-20(14-17)29-21-15-19(11-10-18(21)16-27-29)28-23(30)22(33-24(26)31)12-13-32-34(5,6)25(2,3)4/h7-11,14-16,22H,12-13H2,1-6H3,(H2,26,31)(H,28,30). The van der Waals surface area contributed by atoms with Gasteiger partial charge in [-0.2, -0.15) is 5.10 Å². The molecule has 0 spiro atoms. The third-order valence-corrected chi connectivity index (χ3v) is 10.8. The van der Waals surface area contributed by atoms with Gasteiger partial charge in [-0.25, -0.2) is 9.48 Å². The highest BCUT2D eigenvalue weighted by molar-refractivity contribution is 6.74. The average molecular weight is 483 g/mol. The van der Waals surface area contributed by atoms with E-state index in [1.54, 1.807) is 12.3 Å². The third-order valence-electron chi connectivity index (χ3n) is 6.28. The Morgan fingerprint density at radius 3 is 2.56 bits per heavy atom. The number of benzene rings is 2. The number of amides is 2. The average Bonchev–Trinajstić information content (AvgIpc) is 3.15. The Kier molecular flexibility index (Phi) is 7.47. The number of primary amides is 1. The van der Waals surface area contributed by atoms with Crippen LogP contribution in [0.4, 0.5) is 10.5 Å². The molecule has 1 unspecified atom stereocenters. The molecule has 3 rings (SSSR count). The van der Waals surface area contributed by atoms with E-state index < -0.39 is 26.4 Å². The summed E-state index contributed by atoms with van der Waals surface area (Å²) in [6.07, 6.45) is -0.0642. The second kappa shape index (κ2) is 9.98. The van der Waals surface area contributed by atoms with Crippen molar-refractivity contribution in [3.05, 3.63) is 54.2 Å². The minimum absolute atomic E-state index is 0.0327. The number of ether oxygens (including phenoxy) is 1. The van der Waals surface area contributed by atoms with Crippen molar-refractivity contribution in [1.82, 2.24) is 9.78 Å². The van der Waals surface area contributed by atoms with E-state index in [1.165, 1.54) is 0 Å². The lowest BCUT2D eigenvalue weighted by atomic mass is 10.2. The SMILES string of the molecule is Cc1cccc(-n2ncc3ccc(NC(=O)C(CCO[Si](C)(C)C(C)(C)C)OC(N)=O)cc32)c1. The summed E-state index contributed by atoms with van der Waals surface area (Å²) in [5.74, 6) is -0.460. The van der Waals surface area contributed by atoms with E-state index in [4.69, 9.17) is 14.9 Å². The molecule has 34 heavy (non-hydrogen) atoms. The zero-order chi connectivity index (χ0) is 25.1. The van der Waals surface area contributed by atoms with Crippen molar-refractivity contribution >= 4 is 36.9 Å². The van der Waals surface area contributed by atoms with Crippen LogP contribution >= 0.6 is 0 Å². The maximum Gasteiger partial charge on any atom is 0.405 e. The van der Waals surface area contributed by atoms with Gasteiger partial charge in [-0.1, -0.05) is 32.9 Å². The molecule has 2 aromatic carbocycles. The van der Waals surface area contributed by atoms with Gasteiger partial charge in [0.05, 0.1) is 17.4 Å². The Bertz CT molecular complexity index is 1180. The van der Waals surface area contributed by atoms with Crippen LogP contribution in [0.3, 0.4) is 0 Å². The van der Waals surface area contributed by atoms with Crippen LogP contribution in [0.15, 0.2) is 48.7 Å². The first-order valence-corrected chi connectivity index (χ1v) is 14.2. The van der Waals surface area contributed by atoms with Crippen molar-refractivity contribution in [1.29, 1.82) is 0 Å². The van der Waals surface area contributed by atoms with Crippen molar-refractivity contribution in [3.63, 3.8) is 0 Å². The molecule has 1 atom stereocenters. The molecule has 2 amide bonds. The number of nitrogens with two attached hydrogens (primary N) is 1. The van der Waals surface area contributed by atoms with Gasteiger partial charge in [-0.05, 0) is 61.0 Å². The summed E-state index contributed by atoms with van der Waals surface area (Å²) in [5.41, 5.74) is 8.68. The summed E-state index contributed by atoms with van der Waals surface area (Å²) >= 11 is 0. The summed E-state index contributed by atoms with van der Waals surface area (Å²) in [5, 5.41) is 8.30. The molecule has 9 heteroatoms. The Labute approximate surface area is 201 Å². The first kappa shape index (κ1) is 25.4. The summed E-state index contributed by atoms with van der Waals surface area (Å²) < 4.78 is 13.1. The highest BCUT2D eigenvalue weighted by atomic mass is 28.4. The molecule has 0 saturated heterocycles. The third kappa shape index (κ3) is 6.03. The van der Waals surface area contributed by atoms with E-state index in [2.05, 4.69) is 44.3 Å². The van der Waals surface area contributed by atoms with Crippen LogP contribution < -0.4 is 11.1 Å². The minimum atomic E-state index is -2.00. The zero-order valence-corrected chi connectivity index (χ0v) is 21.7. The highest BCUT2D eigenvalue weighted by Gasteiger charge is 2.37. The van der Waals surface area contributed by atoms with Crippen LogP contribution in [0.1, 0.15) is 32.8 Å². The van der Waals surface area contributed by atoms with Gasteiger partial charge in [-0.15, -0.1) is 0 Å². The highest BCUT2D eigenvalue weighted by Crippen LogP contribution is 2.36. The summed E-state index contributed by atoms with van der Waals surface area (Å²) in [7, 11) is -2.00. The number of fused-ring (bicyclic) bond motifs is 1. The summed E-state index contributed by atoms with van der Waals surface area (Å²) in [4.78, 5) is 24.4. The zero-order valence-electron chi connectivity index (χ0n) is 20.7. The molecule has 3 aromatic rings. The van der Waals surface area contributed by atoms with Gasteiger partial charge in [0, 0.05) is 24.1 Å². The van der Waals surface area contributed by atoms with E-state index in [1.807, 2.05) is 48.0 Å². The Hall–Kier alpha value is -3.17. The maximum atomic E-state index is 13.0. The second-order valence-electron chi connectivity index (χ2n) is 9.98. The van der Waals surface area contributed by atoms with E-state index in [0.717, 1.165) is 22.2 Å². The molecule has 0 aliphatic rings. The molecule has 1 aromatic heterocycles. The second-order valence-corrected chi connectivity index (χ2v) is 14.8. The number of carbonyl (C=O) groups is 2. The smallest absolute Gasteiger partial charge is 0.405 e. The number of carbonyl (C=O) groups excluding carboxylic acids is 2. The van der Waals surface area contributed by atoms with E-state index in [0.29, 0.717) is 12.3 Å². The van der Waals surface area contributed by atoms with E-state index >= 15 is 0 Å². The molecule has 0 saturated carbocycles. The van der Waals surface area contributed by atoms with Gasteiger partial charge in [0.15, 0.2) is 14.4 Å². The van der Waals surface area contributed by atoms with Gasteiger partial charge < -0.3 is 20.2 Å². The van der Waals surface area contributed by atoms with Crippen LogP contribution in [0.25, 0.3) is 16.6 Å². The minimum Gasteiger partial charge on any atom is -0.436 e. The number of rotatable bonds is 8. The molecular formula is C25H34N4O4Si. The molecule has 3 N–H and O–H groups in total. The predicted molar refractivity (Wildman–Crippen MR) is 137 cm³/mol. The lowest BCUT2D eigenvalue weighted by Crippen LogP contribution is -2.42. The van der Waals surface area contributed by atoms with Crippen molar-refractivity contribution in [2.75, 3.05) is 11.9 Å². The van der Waals surface area contributed by atoms with Crippen molar-refractivity contribution in [2.24, 2.45) is 5.73 Å². The van der Waals surface area contributed by atoms with Gasteiger partial charge >= 0.3 is 6.09 Å². The molecular weight excluding hydrogens is 448 g/mol. The first-order valence-electron chi connectivity index (χ1n) is 11.3.